The van der Waals surface area contributed by atoms with Gasteiger partial charge in [0.05, 0.1) is 0 Å². The average molecular weight is 365 g/mol. The van der Waals surface area contributed by atoms with E-state index in [2.05, 4.69) is 10.3 Å². The summed E-state index contributed by atoms with van der Waals surface area (Å²) in [6.07, 6.45) is 2.53. The van der Waals surface area contributed by atoms with E-state index in [1.165, 1.54) is 0 Å². The first kappa shape index (κ1) is 17.5. The smallest absolute Gasteiger partial charge is 0.322 e. The summed E-state index contributed by atoms with van der Waals surface area (Å²) < 4.78 is 5.93. The number of anilines is 1. The molecule has 3 aromatic rings. The highest BCUT2D eigenvalue weighted by molar-refractivity contribution is 5.92. The first-order valence-electron chi connectivity index (χ1n) is 9.31. The van der Waals surface area contributed by atoms with Gasteiger partial charge in [0.15, 0.2) is 5.58 Å². The van der Waals surface area contributed by atoms with Crippen LogP contribution >= 0.6 is 0 Å². The quantitative estimate of drug-likeness (QED) is 0.727. The second kappa shape index (κ2) is 7.40. The van der Waals surface area contributed by atoms with Crippen molar-refractivity contribution in [3.63, 3.8) is 0 Å². The van der Waals surface area contributed by atoms with Crippen LogP contribution in [0.15, 0.2) is 46.9 Å². The number of aliphatic hydroxyl groups excluding tert-OH is 1. The summed E-state index contributed by atoms with van der Waals surface area (Å²) >= 11 is 0. The number of aliphatic hydroxyl groups is 1. The van der Waals surface area contributed by atoms with Crippen molar-refractivity contribution in [3.8, 4) is 11.5 Å². The molecule has 1 aromatic heterocycles. The molecule has 0 bridgehead atoms. The van der Waals surface area contributed by atoms with Gasteiger partial charge in [-0.2, -0.15) is 0 Å². The zero-order valence-electron chi connectivity index (χ0n) is 15.3. The number of rotatable bonds is 4. The molecule has 1 fully saturated rings. The van der Waals surface area contributed by atoms with Gasteiger partial charge < -0.3 is 19.7 Å². The van der Waals surface area contributed by atoms with E-state index >= 15 is 0 Å². The average Bonchev–Trinajstić information content (AvgIpc) is 3.29. The van der Waals surface area contributed by atoms with E-state index < -0.39 is 0 Å². The molecule has 2 aromatic carbocycles. The van der Waals surface area contributed by atoms with Crippen LogP contribution < -0.4 is 5.32 Å². The molecule has 0 spiro atoms. The molecular weight excluding hydrogens is 342 g/mol. The predicted molar refractivity (Wildman–Crippen MR) is 105 cm³/mol. The van der Waals surface area contributed by atoms with Gasteiger partial charge >= 0.3 is 6.03 Å². The van der Waals surface area contributed by atoms with Gasteiger partial charge in [-0.1, -0.05) is 18.2 Å². The van der Waals surface area contributed by atoms with Gasteiger partial charge in [-0.15, -0.1) is 0 Å². The Morgan fingerprint density at radius 2 is 2.19 bits per heavy atom. The summed E-state index contributed by atoms with van der Waals surface area (Å²) in [5.41, 5.74) is 4.13. The van der Waals surface area contributed by atoms with Gasteiger partial charge in [0.25, 0.3) is 0 Å². The molecule has 1 aliphatic rings. The lowest BCUT2D eigenvalue weighted by Gasteiger charge is -2.24. The van der Waals surface area contributed by atoms with E-state index in [1.54, 1.807) is 11.0 Å². The number of aryl methyl sites for hydroxylation is 1. The third-order valence-corrected chi connectivity index (χ3v) is 5.12. The Balaban J connectivity index is 1.55. The number of likely N-dealkylation sites (tertiary alicyclic amines) is 1. The van der Waals surface area contributed by atoms with E-state index in [1.807, 2.05) is 43.3 Å². The minimum Gasteiger partial charge on any atom is -0.436 e. The van der Waals surface area contributed by atoms with Crippen molar-refractivity contribution in [2.75, 3.05) is 18.5 Å². The Bertz CT molecular complexity index is 966. The number of hydrogen-bond acceptors (Lipinski definition) is 4. The Morgan fingerprint density at radius 3 is 3.00 bits per heavy atom. The summed E-state index contributed by atoms with van der Waals surface area (Å²) in [5, 5.41) is 12.1. The van der Waals surface area contributed by atoms with Gasteiger partial charge in [0, 0.05) is 36.5 Å². The molecule has 140 valence electrons. The second-order valence-corrected chi connectivity index (χ2v) is 6.95. The highest BCUT2D eigenvalue weighted by Gasteiger charge is 2.28. The molecule has 0 radical (unpaired) electrons. The Kier molecular flexibility index (Phi) is 4.81. The van der Waals surface area contributed by atoms with Crippen LogP contribution in [0.4, 0.5) is 10.5 Å². The molecule has 27 heavy (non-hydrogen) atoms. The number of aromatic nitrogens is 1. The Morgan fingerprint density at radius 1 is 1.33 bits per heavy atom. The minimum atomic E-state index is -0.135. The van der Waals surface area contributed by atoms with Crippen molar-refractivity contribution in [3.05, 3.63) is 48.0 Å². The minimum absolute atomic E-state index is 0.0974. The zero-order chi connectivity index (χ0) is 18.8. The first-order chi connectivity index (χ1) is 13.2. The highest BCUT2D eigenvalue weighted by atomic mass is 16.3. The molecule has 1 unspecified atom stereocenters. The number of hydrogen-bond donors (Lipinski definition) is 2. The molecular formula is C21H23N3O3. The number of carbonyl (C=O) groups is 1. The monoisotopic (exact) mass is 365 g/mol. The third kappa shape index (κ3) is 3.53. The Labute approximate surface area is 157 Å². The van der Waals surface area contributed by atoms with Crippen LogP contribution in [-0.2, 0) is 0 Å². The van der Waals surface area contributed by atoms with Crippen molar-refractivity contribution in [2.45, 2.75) is 32.2 Å². The van der Waals surface area contributed by atoms with Gasteiger partial charge in [0.1, 0.15) is 5.52 Å². The van der Waals surface area contributed by atoms with Crippen LogP contribution in [0.25, 0.3) is 22.6 Å². The summed E-state index contributed by atoms with van der Waals surface area (Å²) in [6.45, 7) is 2.84. The van der Waals surface area contributed by atoms with Crippen molar-refractivity contribution in [1.29, 1.82) is 0 Å². The predicted octanol–water partition coefficient (Wildman–Crippen LogP) is 4.18. The SMILES string of the molecule is Cc1ccccc1-c1nc2ccc(NC(=O)N3CCCC3CCO)cc2o1. The molecule has 2 N–H and O–H groups in total. The van der Waals surface area contributed by atoms with E-state index in [4.69, 9.17) is 4.42 Å². The maximum absolute atomic E-state index is 12.6. The van der Waals surface area contributed by atoms with Crippen molar-refractivity contribution >= 4 is 22.8 Å². The van der Waals surface area contributed by atoms with Crippen LogP contribution in [0.3, 0.4) is 0 Å². The number of benzene rings is 2. The number of nitrogens with one attached hydrogen (secondary N) is 1. The highest BCUT2D eigenvalue weighted by Crippen LogP contribution is 2.28. The van der Waals surface area contributed by atoms with E-state index in [0.717, 1.165) is 36.0 Å². The fourth-order valence-corrected chi connectivity index (χ4v) is 3.68. The van der Waals surface area contributed by atoms with Crippen molar-refractivity contribution < 1.29 is 14.3 Å². The number of oxazole rings is 1. The largest absolute Gasteiger partial charge is 0.436 e. The Hall–Kier alpha value is -2.86. The van der Waals surface area contributed by atoms with Gasteiger partial charge in [-0.25, -0.2) is 9.78 Å². The molecule has 0 aliphatic carbocycles. The lowest BCUT2D eigenvalue weighted by molar-refractivity contribution is 0.189. The van der Waals surface area contributed by atoms with Crippen LogP contribution in [0.2, 0.25) is 0 Å². The molecule has 1 atom stereocenters. The topological polar surface area (TPSA) is 78.6 Å². The lowest BCUT2D eigenvalue weighted by Crippen LogP contribution is -2.39. The molecule has 4 rings (SSSR count). The fourth-order valence-electron chi connectivity index (χ4n) is 3.68. The van der Waals surface area contributed by atoms with Crippen LogP contribution in [0.1, 0.15) is 24.8 Å². The molecule has 1 aliphatic heterocycles. The van der Waals surface area contributed by atoms with Crippen molar-refractivity contribution in [1.82, 2.24) is 9.88 Å². The zero-order valence-corrected chi connectivity index (χ0v) is 15.3. The molecule has 6 nitrogen and oxygen atoms in total. The maximum Gasteiger partial charge on any atom is 0.322 e. The summed E-state index contributed by atoms with van der Waals surface area (Å²) in [5.74, 6) is 0.578. The van der Waals surface area contributed by atoms with Crippen molar-refractivity contribution in [2.24, 2.45) is 0 Å². The molecule has 0 saturated carbocycles. The molecule has 2 heterocycles. The molecule has 2 amide bonds. The van der Waals surface area contributed by atoms with Gasteiger partial charge in [-0.05, 0) is 49.9 Å². The second-order valence-electron chi connectivity index (χ2n) is 6.95. The summed E-state index contributed by atoms with van der Waals surface area (Å²) in [4.78, 5) is 19.0. The number of fused-ring (bicyclic) bond motifs is 1. The van der Waals surface area contributed by atoms with E-state index in [0.29, 0.717) is 23.6 Å². The normalized spacial score (nSPS) is 16.8. The molecule has 1 saturated heterocycles. The van der Waals surface area contributed by atoms with E-state index in [-0.39, 0.29) is 18.7 Å². The first-order valence-corrected chi connectivity index (χ1v) is 9.31. The fraction of sp³-hybridized carbons (Fsp3) is 0.333. The van der Waals surface area contributed by atoms with Crippen LogP contribution in [0, 0.1) is 6.92 Å². The number of nitrogens with zero attached hydrogens (tertiary/aromatic N) is 2. The van der Waals surface area contributed by atoms with Gasteiger partial charge in [0.2, 0.25) is 5.89 Å². The summed E-state index contributed by atoms with van der Waals surface area (Å²) in [6, 6.07) is 13.4. The maximum atomic E-state index is 12.6. The third-order valence-electron chi connectivity index (χ3n) is 5.12. The van der Waals surface area contributed by atoms with Crippen LogP contribution in [0.5, 0.6) is 0 Å². The molecule has 6 heteroatoms. The standard InChI is InChI=1S/C21H23N3O3/c1-14-5-2-3-7-17(14)20-23-18-9-8-15(13-19(18)27-20)22-21(26)24-11-4-6-16(24)10-12-25/h2-3,5,7-9,13,16,25H,4,6,10-12H2,1H3,(H,22,26). The summed E-state index contributed by atoms with van der Waals surface area (Å²) in [7, 11) is 0. The lowest BCUT2D eigenvalue weighted by atomic mass is 10.1. The number of urea groups is 1. The van der Waals surface area contributed by atoms with E-state index in [9.17, 15) is 9.90 Å². The van der Waals surface area contributed by atoms with Crippen LogP contribution in [-0.4, -0.2) is 40.2 Å². The number of carbonyl (C=O) groups excluding carboxylic acids is 1. The van der Waals surface area contributed by atoms with Gasteiger partial charge in [-0.3, -0.25) is 0 Å². The number of amides is 2.